The summed E-state index contributed by atoms with van der Waals surface area (Å²) < 4.78 is 5.16. The minimum Gasteiger partial charge on any atom is -0.315 e. The minimum absolute atomic E-state index is 0.0747. The fourth-order valence-electron chi connectivity index (χ4n) is 22.3. The third-order valence-corrected chi connectivity index (χ3v) is 30.0. The third kappa shape index (κ3) is 11.0. The van der Waals surface area contributed by atoms with Crippen LogP contribution >= 0.6 is 22.7 Å². The highest BCUT2D eigenvalue weighted by Gasteiger charge is 2.48. The van der Waals surface area contributed by atoms with Crippen molar-refractivity contribution in [1.82, 2.24) is 0 Å². The van der Waals surface area contributed by atoms with Crippen LogP contribution in [0.25, 0.3) is 57.0 Å². The summed E-state index contributed by atoms with van der Waals surface area (Å²) in [6.45, 7) is 13.9. The van der Waals surface area contributed by atoms with Crippen molar-refractivity contribution in [2.24, 2.45) is 0 Å². The lowest BCUT2D eigenvalue weighted by atomic mass is 9.33. The molecule has 2 aromatic heterocycles. The highest BCUT2D eigenvalue weighted by Crippen LogP contribution is 2.57. The summed E-state index contributed by atoms with van der Waals surface area (Å²) in [4.78, 5) is 15.2. The number of nitrogens with zero attached hydrogens (tertiary/aromatic N) is 6. The van der Waals surface area contributed by atoms with Crippen molar-refractivity contribution >= 4 is 211 Å². The predicted octanol–water partition coefficient (Wildman–Crippen LogP) is 27.6. The largest absolute Gasteiger partial charge is 0.315 e. The molecule has 0 saturated heterocycles. The standard InChI is InChI=1S/C115H82B2N6S2/c1-6-83-84-37-16-20-41-90(84)114(3,4)92(83)67-73(2)118-101-48-28-49-102-112(101)116(94-43-22-24-45-98(94)121(102)79-62-66-109-89(68-79)87-39-18-26-52-107(87)124-109)96-64-60-81(70-105(96)118)120(77-35-14-9-15-36-77)78-57-55-74(56-58-78)72-115(5)91-42-21-17-38-85(91)86-63-59-80(69-93(86)115)122-103-50-29-51-104-113(103)117(97-65-61-82(71-106(97)122)119(75-31-10-7-11-32-75)76-33-12-8-13-34-76)95-44-23-25-46-99(95)123(104)100-47-30-54-110-111(100)88-40-19-27-53-108(88)125-110/h6-71H,1,72H2,2-5H3/b73-67+. The molecule has 10 heteroatoms. The predicted molar refractivity (Wildman–Crippen MR) is 536 cm³/mol. The summed E-state index contributed by atoms with van der Waals surface area (Å²) in [6, 6.07) is 146. The monoisotopic (exact) mass is 1630 g/mol. The molecule has 0 spiro atoms. The van der Waals surface area contributed by atoms with Gasteiger partial charge in [0.05, 0.1) is 5.69 Å². The second-order valence-corrected chi connectivity index (χ2v) is 37.0. The molecule has 25 rings (SSSR count). The van der Waals surface area contributed by atoms with E-state index < -0.39 is 5.41 Å². The number of fused-ring (bicyclic) bond motifs is 18. The van der Waals surface area contributed by atoms with Gasteiger partial charge in [-0.25, -0.2) is 0 Å². The first-order valence-corrected chi connectivity index (χ1v) is 45.1. The van der Waals surface area contributed by atoms with E-state index in [1.807, 2.05) is 22.7 Å². The van der Waals surface area contributed by atoms with Crippen LogP contribution < -0.4 is 62.2 Å². The van der Waals surface area contributed by atoms with E-state index in [9.17, 15) is 0 Å². The maximum atomic E-state index is 4.49. The van der Waals surface area contributed by atoms with Crippen molar-refractivity contribution in [3.63, 3.8) is 0 Å². The third-order valence-electron chi connectivity index (χ3n) is 27.8. The van der Waals surface area contributed by atoms with Crippen molar-refractivity contribution in [2.45, 2.75) is 44.9 Å². The number of hydrogen-bond donors (Lipinski definition) is 0. The Balaban J connectivity index is 0.624. The molecule has 6 nitrogen and oxygen atoms in total. The molecule has 0 N–H and O–H groups in total. The van der Waals surface area contributed by atoms with Gasteiger partial charge in [0.2, 0.25) is 0 Å². The molecule has 1 atom stereocenters. The Morgan fingerprint density at radius 3 is 1.46 bits per heavy atom. The Bertz CT molecular complexity index is 7760. The van der Waals surface area contributed by atoms with Crippen LogP contribution in [0.15, 0.2) is 418 Å². The van der Waals surface area contributed by atoms with Gasteiger partial charge in [-0.15, -0.1) is 22.7 Å². The van der Waals surface area contributed by atoms with Gasteiger partial charge in [0.25, 0.3) is 13.4 Å². The molecule has 0 bridgehead atoms. The van der Waals surface area contributed by atoms with Crippen molar-refractivity contribution in [1.29, 1.82) is 0 Å². The molecule has 17 aromatic carbocycles. The van der Waals surface area contributed by atoms with Gasteiger partial charge in [0.15, 0.2) is 0 Å². The van der Waals surface area contributed by atoms with E-state index in [4.69, 9.17) is 0 Å². The maximum absolute atomic E-state index is 4.49. The molecule has 19 aromatic rings. The zero-order chi connectivity index (χ0) is 83.1. The average Bonchev–Trinajstić information content (AvgIpc) is 0.902. The van der Waals surface area contributed by atoms with E-state index in [0.29, 0.717) is 0 Å². The molecule has 4 aliphatic heterocycles. The highest BCUT2D eigenvalue weighted by molar-refractivity contribution is 7.26. The van der Waals surface area contributed by atoms with Crippen LogP contribution in [0, 0.1) is 0 Å². The van der Waals surface area contributed by atoms with Crippen LogP contribution in [0.4, 0.5) is 96.7 Å². The van der Waals surface area contributed by atoms with Crippen LogP contribution in [0.5, 0.6) is 0 Å². The molecular weight excluding hydrogens is 1550 g/mol. The van der Waals surface area contributed by atoms with Crippen LogP contribution in [-0.2, 0) is 17.3 Å². The highest BCUT2D eigenvalue weighted by atomic mass is 32.1. The van der Waals surface area contributed by atoms with Crippen LogP contribution in [0.1, 0.15) is 55.5 Å². The molecule has 0 saturated carbocycles. The Morgan fingerprint density at radius 2 is 0.784 bits per heavy atom. The summed E-state index contributed by atoms with van der Waals surface area (Å²) in [5.41, 5.74) is 38.8. The van der Waals surface area contributed by atoms with Crippen molar-refractivity contribution in [2.75, 3.05) is 29.4 Å². The van der Waals surface area contributed by atoms with Gasteiger partial charge in [-0.3, -0.25) is 0 Å². The van der Waals surface area contributed by atoms with E-state index in [-0.39, 0.29) is 18.8 Å². The van der Waals surface area contributed by atoms with Gasteiger partial charge in [-0.1, -0.05) is 258 Å². The van der Waals surface area contributed by atoms with Gasteiger partial charge in [-0.2, -0.15) is 0 Å². The van der Waals surface area contributed by atoms with Crippen LogP contribution in [-0.4, -0.2) is 13.4 Å². The Kier molecular flexibility index (Phi) is 16.5. The summed E-state index contributed by atoms with van der Waals surface area (Å²) in [5, 5.41) is 5.13. The molecule has 6 heterocycles. The molecular formula is C115H82B2N6S2. The first-order valence-electron chi connectivity index (χ1n) is 43.5. The van der Waals surface area contributed by atoms with Crippen molar-refractivity contribution in [3.05, 3.63) is 446 Å². The summed E-state index contributed by atoms with van der Waals surface area (Å²) in [6.07, 6.45) is 5.30. The lowest BCUT2D eigenvalue weighted by Gasteiger charge is -2.44. The molecule has 2 aliphatic carbocycles. The molecule has 0 radical (unpaired) electrons. The average molecular weight is 1630 g/mol. The normalized spacial score (nSPS) is 15.3. The van der Waals surface area contributed by atoms with Gasteiger partial charge in [0.1, 0.15) is 0 Å². The molecule has 0 fully saturated rings. The number of allylic oxidation sites excluding steroid dienone is 5. The fraction of sp³-hybridized carbons (Fsp3) is 0.0609. The molecule has 6 aliphatic rings. The summed E-state index contributed by atoms with van der Waals surface area (Å²) in [7, 11) is 0. The fourth-order valence-corrected chi connectivity index (χ4v) is 24.6. The molecule has 1 unspecified atom stereocenters. The quantitative estimate of drug-likeness (QED) is 0.100. The number of anilines is 17. The molecule has 0 amide bonds. The van der Waals surface area contributed by atoms with E-state index in [0.717, 1.165) is 69.0 Å². The smallest absolute Gasteiger partial charge is 0.252 e. The number of para-hydroxylation sites is 5. The van der Waals surface area contributed by atoms with Gasteiger partial charge < -0.3 is 29.4 Å². The Labute approximate surface area is 737 Å². The summed E-state index contributed by atoms with van der Waals surface area (Å²) >= 11 is 3.74. The van der Waals surface area contributed by atoms with E-state index >= 15 is 0 Å². The zero-order valence-electron chi connectivity index (χ0n) is 69.7. The number of hydrogen-bond acceptors (Lipinski definition) is 8. The van der Waals surface area contributed by atoms with E-state index in [1.165, 1.54) is 163 Å². The zero-order valence-corrected chi connectivity index (χ0v) is 71.3. The lowest BCUT2D eigenvalue weighted by molar-refractivity contribution is 0.583. The molecule has 125 heavy (non-hydrogen) atoms. The van der Waals surface area contributed by atoms with E-state index in [1.54, 1.807) is 0 Å². The minimum atomic E-state index is -0.444. The number of thiophene rings is 2. The van der Waals surface area contributed by atoms with Crippen LogP contribution in [0.3, 0.4) is 0 Å². The first-order chi connectivity index (χ1) is 61.5. The summed E-state index contributed by atoms with van der Waals surface area (Å²) in [5.74, 6) is 0. The second-order valence-electron chi connectivity index (χ2n) is 34.9. The van der Waals surface area contributed by atoms with Gasteiger partial charge in [-0.05, 0) is 266 Å². The first kappa shape index (κ1) is 73.1. The number of benzene rings is 17. The maximum Gasteiger partial charge on any atom is 0.252 e. The van der Waals surface area contributed by atoms with Crippen molar-refractivity contribution < 1.29 is 0 Å². The second kappa shape index (κ2) is 28.2. The van der Waals surface area contributed by atoms with Crippen LogP contribution in [0.2, 0.25) is 0 Å². The Morgan fingerprint density at radius 1 is 0.336 bits per heavy atom. The SMILES string of the molecule is C=CC1=C(/C=C(\C)N2c3cc(N(c4ccccc4)c4ccc(CC5(C)c6ccccc6-c6ccc(N7c8cc(N(c9ccccc9)c9ccccc9)ccc8B8c9ccccc9N(c9cccc%10sc%11ccccc%11c9%10)c9cccc7c98)cc65)cc4)ccc3B3c4ccccc4N(c4ccc5sc6ccccc6c5c4)c4cccc2c43)C(C)(C)c2ccccc21. The van der Waals surface area contributed by atoms with Crippen molar-refractivity contribution in [3.8, 4) is 11.1 Å². The topological polar surface area (TPSA) is 19.4 Å². The van der Waals surface area contributed by atoms with Gasteiger partial charge in [0, 0.05) is 148 Å². The number of rotatable bonds is 14. The van der Waals surface area contributed by atoms with E-state index in [2.05, 4.69) is 464 Å². The Hall–Kier alpha value is -14.7. The molecule has 590 valence electrons. The van der Waals surface area contributed by atoms with Gasteiger partial charge >= 0.3 is 0 Å². The lowest BCUT2D eigenvalue weighted by Crippen LogP contribution is -2.61.